The van der Waals surface area contributed by atoms with Gasteiger partial charge in [-0.1, -0.05) is 29.5 Å². The van der Waals surface area contributed by atoms with E-state index in [2.05, 4.69) is 10.3 Å². The Morgan fingerprint density at radius 2 is 1.90 bits per heavy atom. The van der Waals surface area contributed by atoms with Crippen molar-refractivity contribution in [3.63, 3.8) is 0 Å². The van der Waals surface area contributed by atoms with Crippen molar-refractivity contribution in [2.24, 2.45) is 4.99 Å². The molecule has 0 fully saturated rings. The summed E-state index contributed by atoms with van der Waals surface area (Å²) in [6, 6.07) is 12.3. The molecule has 1 unspecified atom stereocenters. The first-order chi connectivity index (χ1) is 20.3. The highest BCUT2D eigenvalue weighted by atomic mass is 32.1. The summed E-state index contributed by atoms with van der Waals surface area (Å²) in [5, 5.41) is 3.75. The van der Waals surface area contributed by atoms with E-state index in [4.69, 9.17) is 14.2 Å². The van der Waals surface area contributed by atoms with Crippen molar-refractivity contribution in [3.8, 4) is 11.5 Å². The predicted octanol–water partition coefficient (Wildman–Crippen LogP) is 2.56. The molecule has 5 rings (SSSR count). The van der Waals surface area contributed by atoms with Crippen molar-refractivity contribution in [2.75, 3.05) is 34.5 Å². The van der Waals surface area contributed by atoms with Crippen LogP contribution in [-0.2, 0) is 20.9 Å². The molecule has 218 valence electrons. The van der Waals surface area contributed by atoms with E-state index in [-0.39, 0.29) is 23.8 Å². The number of carbonyl (C=O) groups excluding carboxylic acids is 2. The monoisotopic (exact) mass is 588 g/mol. The van der Waals surface area contributed by atoms with Crippen LogP contribution in [0.1, 0.15) is 31.0 Å². The van der Waals surface area contributed by atoms with Gasteiger partial charge >= 0.3 is 0 Å². The van der Waals surface area contributed by atoms with Gasteiger partial charge in [-0.2, -0.15) is 0 Å². The highest BCUT2D eigenvalue weighted by molar-refractivity contribution is 7.07. The average Bonchev–Trinajstić information content (AvgIpc) is 3.48. The first-order valence-electron chi connectivity index (χ1n) is 13.4. The van der Waals surface area contributed by atoms with Crippen LogP contribution in [0.25, 0.3) is 17.0 Å². The minimum atomic E-state index is -0.723. The summed E-state index contributed by atoms with van der Waals surface area (Å²) in [7, 11) is 4.69. The summed E-state index contributed by atoms with van der Waals surface area (Å²) in [6.45, 7) is 4.23. The quantitative estimate of drug-likeness (QED) is 0.285. The van der Waals surface area contributed by atoms with Crippen LogP contribution in [0.2, 0.25) is 0 Å². The van der Waals surface area contributed by atoms with E-state index >= 15 is 0 Å². The Kier molecular flexibility index (Phi) is 8.41. The molecule has 1 atom stereocenters. The highest BCUT2D eigenvalue weighted by Gasteiger charge is 2.32. The van der Waals surface area contributed by atoms with Crippen LogP contribution < -0.4 is 29.7 Å². The number of benzene rings is 2. The molecule has 1 N–H and O–H groups in total. The van der Waals surface area contributed by atoms with Gasteiger partial charge in [0, 0.05) is 59.2 Å². The second-order valence-electron chi connectivity index (χ2n) is 9.82. The number of rotatable bonds is 10. The molecule has 0 bridgehead atoms. The second-order valence-corrected chi connectivity index (χ2v) is 10.8. The van der Waals surface area contributed by atoms with Crippen LogP contribution in [0, 0.1) is 0 Å². The van der Waals surface area contributed by atoms with E-state index < -0.39 is 6.04 Å². The number of Topliss-reactive ketones (excluding diaryl/α,β-unsaturated/α-hetero) is 1. The summed E-state index contributed by atoms with van der Waals surface area (Å²) >= 11 is 1.25. The number of thiazole rings is 1. The van der Waals surface area contributed by atoms with Gasteiger partial charge in [-0.15, -0.1) is 0 Å². The number of carbonyl (C=O) groups is 2. The predicted molar refractivity (Wildman–Crippen MR) is 161 cm³/mol. The molecule has 3 heterocycles. The van der Waals surface area contributed by atoms with Gasteiger partial charge in [0.2, 0.25) is 5.91 Å². The second kappa shape index (κ2) is 12.2. The Morgan fingerprint density at radius 1 is 1.12 bits per heavy atom. The van der Waals surface area contributed by atoms with E-state index in [1.54, 1.807) is 45.0 Å². The van der Waals surface area contributed by atoms with Gasteiger partial charge in [-0.25, -0.2) is 4.99 Å². The van der Waals surface area contributed by atoms with Gasteiger partial charge < -0.3 is 24.1 Å². The molecule has 0 aliphatic carbocycles. The van der Waals surface area contributed by atoms with Crippen LogP contribution in [0.5, 0.6) is 11.5 Å². The fraction of sp³-hybridized carbons (Fsp3) is 0.290. The minimum absolute atomic E-state index is 0.123. The molecular formula is C31H32N4O6S. The third-order valence-electron chi connectivity index (χ3n) is 7.18. The standard InChI is InChI=1S/C31H32N4O6S/c1-18-28(19(2)36)29(23-11-10-21(40-4)15-25(23)41-5)35-30(38)26(42-31(35)33-18)14-20-16-34(17-27(37)32-12-13-39-3)24-9-7-6-8-22(20)24/h6-11,14-16,29H,12-13,17H2,1-5H3,(H,32,37). The van der Waals surface area contributed by atoms with Gasteiger partial charge in [0.25, 0.3) is 5.56 Å². The average molecular weight is 589 g/mol. The molecule has 11 heteroatoms. The summed E-state index contributed by atoms with van der Waals surface area (Å²) in [5.41, 5.74) is 3.02. The molecule has 4 aromatic rings. The number of ether oxygens (including phenoxy) is 3. The number of nitrogens with one attached hydrogen (secondary N) is 1. The van der Waals surface area contributed by atoms with E-state index in [1.807, 2.05) is 47.2 Å². The number of aromatic nitrogens is 2. The molecule has 2 aromatic carbocycles. The molecule has 0 radical (unpaired) electrons. The number of hydrogen-bond donors (Lipinski definition) is 1. The lowest BCUT2D eigenvalue weighted by atomic mass is 9.92. The summed E-state index contributed by atoms with van der Waals surface area (Å²) in [6.07, 6.45) is 3.69. The van der Waals surface area contributed by atoms with Crippen molar-refractivity contribution in [1.82, 2.24) is 14.5 Å². The zero-order valence-electron chi connectivity index (χ0n) is 24.1. The highest BCUT2D eigenvalue weighted by Crippen LogP contribution is 2.37. The van der Waals surface area contributed by atoms with Crippen molar-refractivity contribution >= 4 is 40.0 Å². The molecule has 0 saturated heterocycles. The molecule has 1 amide bonds. The Balaban J connectivity index is 1.65. The van der Waals surface area contributed by atoms with Gasteiger partial charge in [-0.05, 0) is 38.1 Å². The normalized spacial score (nSPS) is 15.0. The fourth-order valence-corrected chi connectivity index (χ4v) is 6.31. The first-order valence-corrected chi connectivity index (χ1v) is 14.2. The molecular weight excluding hydrogens is 556 g/mol. The Morgan fingerprint density at radius 3 is 2.62 bits per heavy atom. The van der Waals surface area contributed by atoms with Crippen LogP contribution in [-0.4, -0.2) is 55.3 Å². The Labute approximate surface area is 246 Å². The summed E-state index contributed by atoms with van der Waals surface area (Å²) < 4.78 is 19.9. The largest absolute Gasteiger partial charge is 0.497 e. The van der Waals surface area contributed by atoms with Crippen molar-refractivity contribution in [3.05, 3.63) is 90.7 Å². The molecule has 0 saturated carbocycles. The summed E-state index contributed by atoms with van der Waals surface area (Å²) in [5.74, 6) is 0.769. The molecule has 2 aromatic heterocycles. The molecule has 1 aliphatic rings. The topological polar surface area (TPSA) is 113 Å². The zero-order valence-corrected chi connectivity index (χ0v) is 24.9. The first kappa shape index (κ1) is 29.0. The number of allylic oxidation sites excluding steroid dienone is 2. The summed E-state index contributed by atoms with van der Waals surface area (Å²) in [4.78, 5) is 44.7. The lowest BCUT2D eigenvalue weighted by Crippen LogP contribution is -2.39. The smallest absolute Gasteiger partial charge is 0.271 e. The van der Waals surface area contributed by atoms with Gasteiger partial charge in [-0.3, -0.25) is 19.0 Å². The minimum Gasteiger partial charge on any atom is -0.497 e. The number of nitrogens with zero attached hydrogens (tertiary/aromatic N) is 3. The van der Waals surface area contributed by atoms with Crippen molar-refractivity contribution < 1.29 is 23.8 Å². The Hall–Kier alpha value is -4.48. The maximum Gasteiger partial charge on any atom is 0.271 e. The molecule has 42 heavy (non-hydrogen) atoms. The van der Waals surface area contributed by atoms with Crippen LogP contribution in [0.3, 0.4) is 0 Å². The van der Waals surface area contributed by atoms with E-state index in [0.29, 0.717) is 50.8 Å². The van der Waals surface area contributed by atoms with E-state index in [1.165, 1.54) is 18.3 Å². The van der Waals surface area contributed by atoms with Crippen LogP contribution in [0.4, 0.5) is 0 Å². The third-order valence-corrected chi connectivity index (χ3v) is 8.17. The van der Waals surface area contributed by atoms with Gasteiger partial charge in [0.05, 0.1) is 31.4 Å². The lowest BCUT2D eigenvalue weighted by molar-refractivity contribution is -0.121. The van der Waals surface area contributed by atoms with E-state index in [9.17, 15) is 14.4 Å². The third kappa shape index (κ3) is 5.40. The number of ketones is 1. The molecule has 0 spiro atoms. The maximum absolute atomic E-state index is 14.1. The number of hydrogen-bond acceptors (Lipinski definition) is 8. The maximum atomic E-state index is 14.1. The van der Waals surface area contributed by atoms with Gasteiger partial charge in [0.1, 0.15) is 18.0 Å². The van der Waals surface area contributed by atoms with E-state index in [0.717, 1.165) is 16.5 Å². The number of fused-ring (bicyclic) bond motifs is 2. The Bertz CT molecular complexity index is 1900. The fourth-order valence-electron chi connectivity index (χ4n) is 5.27. The number of para-hydroxylation sites is 1. The molecule has 10 nitrogen and oxygen atoms in total. The zero-order chi connectivity index (χ0) is 30.0. The van der Waals surface area contributed by atoms with Crippen LogP contribution in [0.15, 0.2) is 69.7 Å². The SMILES string of the molecule is COCCNC(=O)Cn1cc(C=c2sc3n(c2=O)C(c2ccc(OC)cc2OC)C(C(C)=O)=C(C)N=3)c2ccccc21. The number of methoxy groups -OCH3 is 3. The molecule has 1 aliphatic heterocycles. The van der Waals surface area contributed by atoms with Crippen molar-refractivity contribution in [1.29, 1.82) is 0 Å². The van der Waals surface area contributed by atoms with Crippen molar-refractivity contribution in [2.45, 2.75) is 26.4 Å². The van der Waals surface area contributed by atoms with Gasteiger partial charge in [0.15, 0.2) is 10.6 Å². The van der Waals surface area contributed by atoms with Crippen LogP contribution >= 0.6 is 11.3 Å². The lowest BCUT2D eigenvalue weighted by Gasteiger charge is -2.26. The number of amides is 1.